The standard InChI is InChI=1S/C28H43N3O6S/c1-8-15-36-26(34)23(18-20-12-10-9-11-13-20)30-25(33)22(17-19(2)3)29-24(32)21(14-16-38-7)31-27(35)37-28(4,5)6/h8-13,19,21-23H,1,14-18H2,2-7H3,(H,29,32)(H,30,33)(H,31,35)/t21-,22-,23-/m0/s1. The molecule has 0 radical (unpaired) electrons. The second-order valence-electron chi connectivity index (χ2n) is 10.3. The number of nitrogens with one attached hydrogen (secondary N) is 3. The Bertz CT molecular complexity index is 917. The van der Waals surface area contributed by atoms with Gasteiger partial charge in [-0.1, -0.05) is 56.8 Å². The molecule has 1 aromatic carbocycles. The lowest BCUT2D eigenvalue weighted by Gasteiger charge is -2.27. The normalized spacial score (nSPS) is 13.6. The van der Waals surface area contributed by atoms with Gasteiger partial charge in [-0.05, 0) is 57.1 Å². The average Bonchev–Trinajstić information content (AvgIpc) is 2.83. The van der Waals surface area contributed by atoms with Gasteiger partial charge in [0.05, 0.1) is 0 Å². The maximum Gasteiger partial charge on any atom is 0.408 e. The first-order valence-corrected chi connectivity index (χ1v) is 14.2. The SMILES string of the molecule is C=CCOC(=O)[C@H](Cc1ccccc1)NC(=O)[C@H](CC(C)C)NC(=O)[C@H](CCSC)NC(=O)OC(C)(C)C. The van der Waals surface area contributed by atoms with Gasteiger partial charge in [0, 0.05) is 6.42 Å². The van der Waals surface area contributed by atoms with Crippen LogP contribution in [0.15, 0.2) is 43.0 Å². The Morgan fingerprint density at radius 3 is 2.13 bits per heavy atom. The maximum atomic E-state index is 13.4. The molecule has 10 heteroatoms. The lowest BCUT2D eigenvalue weighted by molar-refractivity contribution is -0.147. The summed E-state index contributed by atoms with van der Waals surface area (Å²) in [5.41, 5.74) is 0.120. The minimum Gasteiger partial charge on any atom is -0.460 e. The summed E-state index contributed by atoms with van der Waals surface area (Å²) in [5, 5.41) is 8.16. The van der Waals surface area contributed by atoms with Crippen molar-refractivity contribution in [1.82, 2.24) is 16.0 Å². The summed E-state index contributed by atoms with van der Waals surface area (Å²) in [4.78, 5) is 51.7. The molecule has 0 bridgehead atoms. The molecule has 0 saturated heterocycles. The van der Waals surface area contributed by atoms with Crippen LogP contribution in [0.25, 0.3) is 0 Å². The van der Waals surface area contributed by atoms with Crippen LogP contribution in [0.4, 0.5) is 4.79 Å². The number of esters is 1. The topological polar surface area (TPSA) is 123 Å². The number of thioether (sulfide) groups is 1. The van der Waals surface area contributed by atoms with Crippen molar-refractivity contribution in [3.63, 3.8) is 0 Å². The molecule has 3 atom stereocenters. The van der Waals surface area contributed by atoms with E-state index in [0.29, 0.717) is 18.6 Å². The third-order valence-electron chi connectivity index (χ3n) is 5.19. The van der Waals surface area contributed by atoms with Crippen LogP contribution in [0.1, 0.15) is 53.0 Å². The number of carbonyl (C=O) groups excluding carboxylic acids is 4. The van der Waals surface area contributed by atoms with Crippen molar-refractivity contribution >= 4 is 35.6 Å². The molecular weight excluding hydrogens is 506 g/mol. The Kier molecular flexibility index (Phi) is 14.6. The van der Waals surface area contributed by atoms with Crippen molar-refractivity contribution in [3.8, 4) is 0 Å². The number of benzene rings is 1. The predicted molar refractivity (Wildman–Crippen MR) is 151 cm³/mol. The number of ether oxygens (including phenoxy) is 2. The van der Waals surface area contributed by atoms with E-state index >= 15 is 0 Å². The van der Waals surface area contributed by atoms with Crippen LogP contribution in [0.5, 0.6) is 0 Å². The molecule has 212 valence electrons. The van der Waals surface area contributed by atoms with E-state index in [1.54, 1.807) is 20.8 Å². The Balaban J connectivity index is 3.06. The summed E-state index contributed by atoms with van der Waals surface area (Å²) in [6, 6.07) is 6.48. The summed E-state index contributed by atoms with van der Waals surface area (Å²) in [5.74, 6) is -0.927. The first-order chi connectivity index (χ1) is 17.9. The molecule has 0 aliphatic carbocycles. The highest BCUT2D eigenvalue weighted by Gasteiger charge is 2.31. The largest absolute Gasteiger partial charge is 0.460 e. The summed E-state index contributed by atoms with van der Waals surface area (Å²) < 4.78 is 10.5. The molecule has 0 heterocycles. The Hall–Kier alpha value is -3.01. The number of hydrogen-bond acceptors (Lipinski definition) is 7. The predicted octanol–water partition coefficient (Wildman–Crippen LogP) is 3.62. The molecule has 0 spiro atoms. The van der Waals surface area contributed by atoms with Crippen molar-refractivity contribution in [3.05, 3.63) is 48.6 Å². The smallest absolute Gasteiger partial charge is 0.408 e. The van der Waals surface area contributed by atoms with Crippen LogP contribution in [-0.4, -0.2) is 66.2 Å². The van der Waals surface area contributed by atoms with Gasteiger partial charge in [0.1, 0.15) is 30.3 Å². The first-order valence-electron chi connectivity index (χ1n) is 12.8. The lowest BCUT2D eigenvalue weighted by Crippen LogP contribution is -2.56. The van der Waals surface area contributed by atoms with Gasteiger partial charge < -0.3 is 25.4 Å². The summed E-state index contributed by atoms with van der Waals surface area (Å²) in [7, 11) is 0. The minimum absolute atomic E-state index is 0.0135. The second-order valence-corrected chi connectivity index (χ2v) is 11.3. The molecule has 3 amide bonds. The Labute approximate surface area is 230 Å². The van der Waals surface area contributed by atoms with E-state index < -0.39 is 47.6 Å². The molecule has 3 N–H and O–H groups in total. The molecule has 38 heavy (non-hydrogen) atoms. The molecule has 0 aromatic heterocycles. The fraction of sp³-hybridized carbons (Fsp3) is 0.571. The highest BCUT2D eigenvalue weighted by atomic mass is 32.2. The molecule has 9 nitrogen and oxygen atoms in total. The number of carbonyl (C=O) groups is 4. The number of rotatable bonds is 15. The first kappa shape index (κ1) is 33.0. The minimum atomic E-state index is -0.955. The van der Waals surface area contributed by atoms with E-state index in [1.165, 1.54) is 17.8 Å². The quantitative estimate of drug-likeness (QED) is 0.226. The molecule has 0 unspecified atom stereocenters. The number of amides is 3. The third-order valence-corrected chi connectivity index (χ3v) is 5.83. The van der Waals surface area contributed by atoms with Crippen LogP contribution in [0.2, 0.25) is 0 Å². The second kappa shape index (κ2) is 16.8. The van der Waals surface area contributed by atoms with Crippen molar-refractivity contribution in [1.29, 1.82) is 0 Å². The van der Waals surface area contributed by atoms with Crippen molar-refractivity contribution in [2.75, 3.05) is 18.6 Å². The van der Waals surface area contributed by atoms with Crippen molar-refractivity contribution in [2.24, 2.45) is 5.92 Å². The summed E-state index contributed by atoms with van der Waals surface area (Å²) in [6.07, 6.45) is 3.55. The zero-order valence-corrected chi connectivity index (χ0v) is 24.2. The van der Waals surface area contributed by atoms with E-state index in [4.69, 9.17) is 9.47 Å². The van der Waals surface area contributed by atoms with E-state index in [-0.39, 0.29) is 18.9 Å². The van der Waals surface area contributed by atoms with Crippen molar-refractivity contribution < 1.29 is 28.7 Å². The molecule has 0 aliphatic heterocycles. The average molecular weight is 550 g/mol. The van der Waals surface area contributed by atoms with Crippen LogP contribution in [0, 0.1) is 5.92 Å². The van der Waals surface area contributed by atoms with Gasteiger partial charge in [-0.25, -0.2) is 9.59 Å². The highest BCUT2D eigenvalue weighted by molar-refractivity contribution is 7.98. The molecule has 1 aromatic rings. The van der Waals surface area contributed by atoms with Gasteiger partial charge in [0.2, 0.25) is 11.8 Å². The van der Waals surface area contributed by atoms with Gasteiger partial charge in [-0.3, -0.25) is 9.59 Å². The van der Waals surface area contributed by atoms with Gasteiger partial charge >= 0.3 is 12.1 Å². The van der Waals surface area contributed by atoms with Crippen LogP contribution in [-0.2, 0) is 30.3 Å². The lowest BCUT2D eigenvalue weighted by atomic mass is 10.0. The summed E-state index contributed by atoms with van der Waals surface area (Å²) in [6.45, 7) is 12.6. The Morgan fingerprint density at radius 2 is 1.58 bits per heavy atom. The maximum absolute atomic E-state index is 13.4. The van der Waals surface area contributed by atoms with E-state index in [9.17, 15) is 19.2 Å². The molecule has 0 saturated carbocycles. The van der Waals surface area contributed by atoms with Crippen molar-refractivity contribution in [2.45, 2.75) is 77.6 Å². The third kappa shape index (κ3) is 13.5. The summed E-state index contributed by atoms with van der Waals surface area (Å²) >= 11 is 1.53. The monoisotopic (exact) mass is 549 g/mol. The van der Waals surface area contributed by atoms with E-state index in [1.807, 2.05) is 50.4 Å². The fourth-order valence-corrected chi connectivity index (χ4v) is 3.96. The van der Waals surface area contributed by atoms with Crippen LogP contribution in [0.3, 0.4) is 0 Å². The fourth-order valence-electron chi connectivity index (χ4n) is 3.49. The van der Waals surface area contributed by atoms with E-state index in [0.717, 1.165) is 5.56 Å². The van der Waals surface area contributed by atoms with Gasteiger partial charge in [0.25, 0.3) is 0 Å². The Morgan fingerprint density at radius 1 is 0.974 bits per heavy atom. The molecule has 1 rings (SSSR count). The van der Waals surface area contributed by atoms with Crippen LogP contribution < -0.4 is 16.0 Å². The molecular formula is C28H43N3O6S. The number of alkyl carbamates (subject to hydrolysis) is 1. The van der Waals surface area contributed by atoms with Gasteiger partial charge in [-0.15, -0.1) is 0 Å². The van der Waals surface area contributed by atoms with Gasteiger partial charge in [0.15, 0.2) is 0 Å². The zero-order chi connectivity index (χ0) is 28.7. The highest BCUT2D eigenvalue weighted by Crippen LogP contribution is 2.11. The number of hydrogen-bond donors (Lipinski definition) is 3. The molecule has 0 fully saturated rings. The zero-order valence-electron chi connectivity index (χ0n) is 23.4. The molecule has 0 aliphatic rings. The van der Waals surface area contributed by atoms with Crippen LogP contribution >= 0.6 is 11.8 Å². The van der Waals surface area contributed by atoms with E-state index in [2.05, 4.69) is 22.5 Å². The van der Waals surface area contributed by atoms with Gasteiger partial charge in [-0.2, -0.15) is 11.8 Å².